The number of methoxy groups -OCH3 is 1. The quantitative estimate of drug-likeness (QED) is 0.786. The number of carbonyl (C=O) groups excluding carboxylic acids is 1. The SMILES string of the molecule is COc1c(C)cnc(CN(C(=O)OC(C)(C)C)C2CCCCC2)c1C. The molecule has 0 spiro atoms. The van der Waals surface area contributed by atoms with Crippen LogP contribution in [-0.4, -0.2) is 34.7 Å². The zero-order chi connectivity index (χ0) is 18.6. The number of amides is 1. The fourth-order valence-corrected chi connectivity index (χ4v) is 3.45. The molecule has 1 saturated carbocycles. The highest BCUT2D eigenvalue weighted by atomic mass is 16.6. The Labute approximate surface area is 151 Å². The van der Waals surface area contributed by atoms with Crippen molar-refractivity contribution in [3.63, 3.8) is 0 Å². The Balaban J connectivity index is 2.28. The van der Waals surface area contributed by atoms with Crippen LogP contribution in [0.1, 0.15) is 69.7 Å². The predicted octanol–water partition coefficient (Wildman–Crippen LogP) is 4.78. The Morgan fingerprint density at radius 2 is 1.88 bits per heavy atom. The van der Waals surface area contributed by atoms with Gasteiger partial charge in [0.05, 0.1) is 19.3 Å². The summed E-state index contributed by atoms with van der Waals surface area (Å²) in [5.41, 5.74) is 2.37. The lowest BCUT2D eigenvalue weighted by molar-refractivity contribution is 0.00952. The summed E-state index contributed by atoms with van der Waals surface area (Å²) < 4.78 is 11.2. The van der Waals surface area contributed by atoms with Crippen LogP contribution < -0.4 is 4.74 Å². The second-order valence-electron chi connectivity index (χ2n) is 7.95. The first-order valence-electron chi connectivity index (χ1n) is 9.21. The molecule has 1 heterocycles. The Bertz CT molecular complexity index is 602. The number of ether oxygens (including phenoxy) is 2. The first-order valence-corrected chi connectivity index (χ1v) is 9.21. The van der Waals surface area contributed by atoms with Crippen molar-refractivity contribution in [1.82, 2.24) is 9.88 Å². The summed E-state index contributed by atoms with van der Waals surface area (Å²) in [5, 5.41) is 0. The minimum atomic E-state index is -0.503. The summed E-state index contributed by atoms with van der Waals surface area (Å²) in [7, 11) is 1.67. The summed E-state index contributed by atoms with van der Waals surface area (Å²) in [4.78, 5) is 19.3. The highest BCUT2D eigenvalue weighted by molar-refractivity contribution is 5.68. The van der Waals surface area contributed by atoms with Gasteiger partial charge in [0.2, 0.25) is 0 Å². The molecular formula is C20H32N2O3. The van der Waals surface area contributed by atoms with Crippen LogP contribution in [0.2, 0.25) is 0 Å². The van der Waals surface area contributed by atoms with Gasteiger partial charge in [0.15, 0.2) is 0 Å². The van der Waals surface area contributed by atoms with Gasteiger partial charge in [0.25, 0.3) is 0 Å². The van der Waals surface area contributed by atoms with E-state index in [2.05, 4.69) is 4.98 Å². The van der Waals surface area contributed by atoms with Gasteiger partial charge >= 0.3 is 6.09 Å². The number of nitrogens with zero attached hydrogens (tertiary/aromatic N) is 2. The van der Waals surface area contributed by atoms with Crippen LogP contribution in [0.4, 0.5) is 4.79 Å². The van der Waals surface area contributed by atoms with Crippen molar-refractivity contribution < 1.29 is 14.3 Å². The molecule has 0 aromatic carbocycles. The molecule has 0 radical (unpaired) electrons. The smallest absolute Gasteiger partial charge is 0.410 e. The van der Waals surface area contributed by atoms with Crippen LogP contribution in [0.3, 0.4) is 0 Å². The van der Waals surface area contributed by atoms with Crippen molar-refractivity contribution in [3.8, 4) is 5.75 Å². The lowest BCUT2D eigenvalue weighted by atomic mass is 9.94. The summed E-state index contributed by atoms with van der Waals surface area (Å²) in [5.74, 6) is 0.845. The molecule has 0 saturated heterocycles. The maximum atomic E-state index is 12.8. The minimum absolute atomic E-state index is 0.220. The predicted molar refractivity (Wildman–Crippen MR) is 98.9 cm³/mol. The fraction of sp³-hybridized carbons (Fsp3) is 0.700. The number of aromatic nitrogens is 1. The molecule has 5 heteroatoms. The molecule has 0 atom stereocenters. The third kappa shape index (κ3) is 5.10. The van der Waals surface area contributed by atoms with Crippen LogP contribution in [-0.2, 0) is 11.3 Å². The molecule has 2 rings (SSSR count). The van der Waals surface area contributed by atoms with Crippen molar-refractivity contribution in [3.05, 3.63) is 23.0 Å². The van der Waals surface area contributed by atoms with Gasteiger partial charge in [-0.05, 0) is 47.5 Å². The third-order valence-electron chi connectivity index (χ3n) is 4.71. The molecule has 5 nitrogen and oxygen atoms in total. The molecule has 1 aliphatic rings. The lowest BCUT2D eigenvalue weighted by Gasteiger charge is -2.35. The van der Waals surface area contributed by atoms with Gasteiger partial charge in [-0.2, -0.15) is 0 Å². The largest absolute Gasteiger partial charge is 0.496 e. The van der Waals surface area contributed by atoms with E-state index in [0.717, 1.165) is 48.3 Å². The molecule has 25 heavy (non-hydrogen) atoms. The van der Waals surface area contributed by atoms with Crippen molar-refractivity contribution >= 4 is 6.09 Å². The van der Waals surface area contributed by atoms with E-state index in [0.29, 0.717) is 6.54 Å². The number of pyridine rings is 1. The van der Waals surface area contributed by atoms with Gasteiger partial charge in [0.1, 0.15) is 11.4 Å². The third-order valence-corrected chi connectivity index (χ3v) is 4.71. The Hall–Kier alpha value is -1.78. The van der Waals surface area contributed by atoms with Gasteiger partial charge in [0, 0.05) is 23.4 Å². The molecule has 1 amide bonds. The number of rotatable bonds is 4. The van der Waals surface area contributed by atoms with Crippen molar-refractivity contribution in [2.24, 2.45) is 0 Å². The summed E-state index contributed by atoms with van der Waals surface area (Å²) in [6.07, 6.45) is 7.19. The summed E-state index contributed by atoms with van der Waals surface area (Å²) in [6.45, 7) is 10.2. The Kier molecular flexibility index (Phi) is 6.31. The van der Waals surface area contributed by atoms with Gasteiger partial charge in [-0.1, -0.05) is 19.3 Å². The van der Waals surface area contributed by atoms with E-state index < -0.39 is 5.60 Å². The molecule has 1 aromatic heterocycles. The standard InChI is InChI=1S/C20H32N2O3/c1-14-12-21-17(15(2)18(14)24-6)13-22(16-10-8-7-9-11-16)19(23)25-20(3,4)5/h12,16H,7-11,13H2,1-6H3. The summed E-state index contributed by atoms with van der Waals surface area (Å²) >= 11 is 0. The van der Waals surface area contributed by atoms with E-state index in [1.54, 1.807) is 7.11 Å². The molecule has 140 valence electrons. The summed E-state index contributed by atoms with van der Waals surface area (Å²) in [6, 6.07) is 0.220. The topological polar surface area (TPSA) is 51.7 Å². The average molecular weight is 348 g/mol. The van der Waals surface area contributed by atoms with Crippen molar-refractivity contribution in [2.45, 2.75) is 84.9 Å². The molecule has 0 N–H and O–H groups in total. The highest BCUT2D eigenvalue weighted by Gasteiger charge is 2.30. The lowest BCUT2D eigenvalue weighted by Crippen LogP contribution is -2.44. The maximum absolute atomic E-state index is 12.8. The number of hydrogen-bond donors (Lipinski definition) is 0. The monoisotopic (exact) mass is 348 g/mol. The molecule has 1 aromatic rings. The molecule has 1 fully saturated rings. The van der Waals surface area contributed by atoms with E-state index in [1.165, 1.54) is 6.42 Å². The van der Waals surface area contributed by atoms with Gasteiger partial charge in [-0.15, -0.1) is 0 Å². The Morgan fingerprint density at radius 3 is 2.44 bits per heavy atom. The zero-order valence-electron chi connectivity index (χ0n) is 16.5. The number of carbonyl (C=O) groups is 1. The fourth-order valence-electron chi connectivity index (χ4n) is 3.45. The first-order chi connectivity index (χ1) is 11.7. The van der Waals surface area contributed by atoms with Crippen LogP contribution in [0.5, 0.6) is 5.75 Å². The Morgan fingerprint density at radius 1 is 1.24 bits per heavy atom. The normalized spacial score (nSPS) is 15.8. The van der Waals surface area contributed by atoms with Gasteiger partial charge in [-0.3, -0.25) is 9.88 Å². The first kappa shape index (κ1) is 19.5. The van der Waals surface area contributed by atoms with Crippen LogP contribution in [0.15, 0.2) is 6.20 Å². The number of aryl methyl sites for hydroxylation is 1. The minimum Gasteiger partial charge on any atom is -0.496 e. The van der Waals surface area contributed by atoms with E-state index in [1.807, 2.05) is 45.7 Å². The van der Waals surface area contributed by atoms with E-state index in [9.17, 15) is 4.79 Å². The number of hydrogen-bond acceptors (Lipinski definition) is 4. The van der Waals surface area contributed by atoms with Gasteiger partial charge in [-0.25, -0.2) is 4.79 Å². The molecule has 1 aliphatic carbocycles. The molecule has 0 unspecified atom stereocenters. The van der Waals surface area contributed by atoms with Crippen LogP contribution in [0.25, 0.3) is 0 Å². The van der Waals surface area contributed by atoms with Crippen molar-refractivity contribution in [1.29, 1.82) is 0 Å². The second kappa shape index (κ2) is 8.07. The molecule has 0 bridgehead atoms. The van der Waals surface area contributed by atoms with E-state index >= 15 is 0 Å². The maximum Gasteiger partial charge on any atom is 0.410 e. The van der Waals surface area contributed by atoms with E-state index in [-0.39, 0.29) is 12.1 Å². The molecule has 0 aliphatic heterocycles. The van der Waals surface area contributed by atoms with Crippen LogP contribution in [0, 0.1) is 13.8 Å². The average Bonchev–Trinajstić information content (AvgIpc) is 2.54. The van der Waals surface area contributed by atoms with Gasteiger partial charge < -0.3 is 9.47 Å². The highest BCUT2D eigenvalue weighted by Crippen LogP contribution is 2.29. The molecular weight excluding hydrogens is 316 g/mol. The second-order valence-corrected chi connectivity index (χ2v) is 7.95. The zero-order valence-corrected chi connectivity index (χ0v) is 16.5. The van der Waals surface area contributed by atoms with E-state index in [4.69, 9.17) is 9.47 Å². The van der Waals surface area contributed by atoms with Crippen LogP contribution >= 0.6 is 0 Å². The van der Waals surface area contributed by atoms with Crippen molar-refractivity contribution in [2.75, 3.05) is 7.11 Å².